The first-order valence-corrected chi connectivity index (χ1v) is 4.24. The quantitative estimate of drug-likeness (QED) is 0.657. The molecule has 0 N–H and O–H groups in total. The molecule has 0 aliphatic heterocycles. The predicted molar refractivity (Wildman–Crippen MR) is 49.8 cm³/mol. The zero-order valence-corrected chi connectivity index (χ0v) is 7.91. The number of ketones is 1. The maximum atomic E-state index is 11.5. The summed E-state index contributed by atoms with van der Waals surface area (Å²) in [6, 6.07) is 1.74. The van der Waals surface area contributed by atoms with Gasteiger partial charge in [-0.1, -0.05) is 6.92 Å². The number of aromatic nitrogens is 1. The summed E-state index contributed by atoms with van der Waals surface area (Å²) in [5, 5.41) is 0. The standard InChI is InChI=1S/C10H13NO2/c1-3-8-6-11-5-4-9(8)10(12)7-13-2/h4-6H,3,7H2,1-2H3. The van der Waals surface area contributed by atoms with E-state index in [2.05, 4.69) is 4.98 Å². The van der Waals surface area contributed by atoms with Crippen LogP contribution in [-0.2, 0) is 11.2 Å². The second-order valence-electron chi connectivity index (χ2n) is 2.74. The Morgan fingerprint density at radius 3 is 3.00 bits per heavy atom. The first-order valence-electron chi connectivity index (χ1n) is 4.24. The smallest absolute Gasteiger partial charge is 0.188 e. The van der Waals surface area contributed by atoms with Crippen LogP contribution in [0.3, 0.4) is 0 Å². The van der Waals surface area contributed by atoms with Gasteiger partial charge in [0.25, 0.3) is 0 Å². The zero-order valence-electron chi connectivity index (χ0n) is 7.91. The molecule has 1 heterocycles. The third kappa shape index (κ3) is 2.36. The molecule has 0 aromatic carbocycles. The SMILES string of the molecule is CCc1cnccc1C(=O)COC. The molecule has 1 aromatic rings. The molecule has 0 atom stereocenters. The van der Waals surface area contributed by atoms with E-state index < -0.39 is 0 Å². The van der Waals surface area contributed by atoms with Crippen molar-refractivity contribution in [3.63, 3.8) is 0 Å². The van der Waals surface area contributed by atoms with Gasteiger partial charge in [0.2, 0.25) is 0 Å². The number of rotatable bonds is 4. The predicted octanol–water partition coefficient (Wildman–Crippen LogP) is 1.47. The molecule has 0 fully saturated rings. The minimum atomic E-state index is 0.0155. The van der Waals surface area contributed by atoms with Gasteiger partial charge in [-0.05, 0) is 18.1 Å². The van der Waals surface area contributed by atoms with E-state index in [9.17, 15) is 4.79 Å². The lowest BCUT2D eigenvalue weighted by atomic mass is 10.1. The number of hydrogen-bond donors (Lipinski definition) is 0. The van der Waals surface area contributed by atoms with Crippen molar-refractivity contribution in [2.45, 2.75) is 13.3 Å². The molecule has 3 heteroatoms. The summed E-state index contributed by atoms with van der Waals surface area (Å²) >= 11 is 0. The Morgan fingerprint density at radius 1 is 1.62 bits per heavy atom. The summed E-state index contributed by atoms with van der Waals surface area (Å²) in [7, 11) is 1.52. The highest BCUT2D eigenvalue weighted by Gasteiger charge is 2.08. The number of hydrogen-bond acceptors (Lipinski definition) is 3. The Bertz CT molecular complexity index is 297. The molecule has 3 nitrogen and oxygen atoms in total. The highest BCUT2D eigenvalue weighted by Crippen LogP contribution is 2.08. The van der Waals surface area contributed by atoms with Crippen molar-refractivity contribution < 1.29 is 9.53 Å². The van der Waals surface area contributed by atoms with Crippen molar-refractivity contribution in [2.24, 2.45) is 0 Å². The molecule has 0 amide bonds. The molecule has 0 bridgehead atoms. The van der Waals surface area contributed by atoms with Gasteiger partial charge in [-0.3, -0.25) is 9.78 Å². The van der Waals surface area contributed by atoms with Gasteiger partial charge in [-0.2, -0.15) is 0 Å². The van der Waals surface area contributed by atoms with Crippen LogP contribution in [0.2, 0.25) is 0 Å². The van der Waals surface area contributed by atoms with Crippen LogP contribution in [0, 0.1) is 0 Å². The maximum Gasteiger partial charge on any atom is 0.188 e. The molecule has 0 radical (unpaired) electrons. The summed E-state index contributed by atoms with van der Waals surface area (Å²) in [6.07, 6.45) is 4.17. The second-order valence-corrected chi connectivity index (χ2v) is 2.74. The van der Waals surface area contributed by atoms with Crippen LogP contribution in [0.25, 0.3) is 0 Å². The normalized spacial score (nSPS) is 10.0. The van der Waals surface area contributed by atoms with E-state index in [0.717, 1.165) is 17.5 Å². The van der Waals surface area contributed by atoms with Crippen LogP contribution < -0.4 is 0 Å². The Morgan fingerprint density at radius 2 is 2.38 bits per heavy atom. The van der Waals surface area contributed by atoms with Gasteiger partial charge in [0.05, 0.1) is 0 Å². The molecular weight excluding hydrogens is 166 g/mol. The number of nitrogens with zero attached hydrogens (tertiary/aromatic N) is 1. The number of aryl methyl sites for hydroxylation is 1. The van der Waals surface area contributed by atoms with Crippen molar-refractivity contribution in [2.75, 3.05) is 13.7 Å². The highest BCUT2D eigenvalue weighted by molar-refractivity contribution is 5.98. The van der Waals surface area contributed by atoms with Gasteiger partial charge in [0.1, 0.15) is 6.61 Å². The Labute approximate surface area is 77.8 Å². The van der Waals surface area contributed by atoms with E-state index in [4.69, 9.17) is 4.74 Å². The Hall–Kier alpha value is -1.22. The second kappa shape index (κ2) is 4.72. The van der Waals surface area contributed by atoms with Gasteiger partial charge in [-0.15, -0.1) is 0 Å². The molecule has 0 spiro atoms. The van der Waals surface area contributed by atoms with E-state index in [1.807, 2.05) is 6.92 Å². The fourth-order valence-electron chi connectivity index (χ4n) is 1.19. The van der Waals surface area contributed by atoms with E-state index in [0.29, 0.717) is 0 Å². The number of carbonyl (C=O) groups excluding carboxylic acids is 1. The van der Waals surface area contributed by atoms with Gasteiger partial charge in [-0.25, -0.2) is 0 Å². The van der Waals surface area contributed by atoms with Crippen LogP contribution >= 0.6 is 0 Å². The number of ether oxygens (including phenoxy) is 1. The van der Waals surface area contributed by atoms with Gasteiger partial charge in [0.15, 0.2) is 5.78 Å². The Balaban J connectivity index is 2.92. The Kier molecular flexibility index (Phi) is 3.58. The monoisotopic (exact) mass is 179 g/mol. The van der Waals surface area contributed by atoms with E-state index >= 15 is 0 Å². The average Bonchev–Trinajstić information content (AvgIpc) is 2.18. The largest absolute Gasteiger partial charge is 0.377 e. The van der Waals surface area contributed by atoms with Crippen LogP contribution in [0.5, 0.6) is 0 Å². The van der Waals surface area contributed by atoms with Gasteiger partial charge < -0.3 is 4.74 Å². The molecule has 1 aromatic heterocycles. The summed E-state index contributed by atoms with van der Waals surface area (Å²) in [6.45, 7) is 2.14. The van der Waals surface area contributed by atoms with E-state index in [1.54, 1.807) is 18.5 Å². The van der Waals surface area contributed by atoms with Crippen LogP contribution in [-0.4, -0.2) is 24.5 Å². The van der Waals surface area contributed by atoms with Crippen molar-refractivity contribution >= 4 is 5.78 Å². The third-order valence-electron chi connectivity index (χ3n) is 1.86. The number of Topliss-reactive ketones (excluding diaryl/α,β-unsaturated/α-hetero) is 1. The molecule has 0 saturated heterocycles. The van der Waals surface area contributed by atoms with Crippen LogP contribution in [0.15, 0.2) is 18.5 Å². The molecular formula is C10H13NO2. The number of methoxy groups -OCH3 is 1. The fraction of sp³-hybridized carbons (Fsp3) is 0.400. The van der Waals surface area contributed by atoms with Crippen molar-refractivity contribution in [1.82, 2.24) is 4.98 Å². The van der Waals surface area contributed by atoms with E-state index in [1.165, 1.54) is 7.11 Å². The van der Waals surface area contributed by atoms with Crippen LogP contribution in [0.4, 0.5) is 0 Å². The summed E-state index contributed by atoms with van der Waals surface area (Å²) in [4.78, 5) is 15.4. The summed E-state index contributed by atoms with van der Waals surface area (Å²) in [5.74, 6) is 0.0155. The lowest BCUT2D eigenvalue weighted by Crippen LogP contribution is -2.09. The third-order valence-corrected chi connectivity index (χ3v) is 1.86. The molecule has 0 unspecified atom stereocenters. The van der Waals surface area contributed by atoms with Crippen LogP contribution in [0.1, 0.15) is 22.8 Å². The van der Waals surface area contributed by atoms with Gasteiger partial charge in [0, 0.05) is 25.1 Å². The molecule has 0 aliphatic carbocycles. The van der Waals surface area contributed by atoms with Crippen molar-refractivity contribution in [3.8, 4) is 0 Å². The fourth-order valence-corrected chi connectivity index (χ4v) is 1.19. The first kappa shape index (κ1) is 9.86. The van der Waals surface area contributed by atoms with Crippen molar-refractivity contribution in [3.05, 3.63) is 29.6 Å². The lowest BCUT2D eigenvalue weighted by molar-refractivity contribution is 0.0847. The first-order chi connectivity index (χ1) is 6.29. The van der Waals surface area contributed by atoms with Crippen molar-refractivity contribution in [1.29, 1.82) is 0 Å². The minimum absolute atomic E-state index is 0.0155. The molecule has 0 saturated carbocycles. The zero-order chi connectivity index (χ0) is 9.68. The molecule has 13 heavy (non-hydrogen) atoms. The number of carbonyl (C=O) groups is 1. The summed E-state index contributed by atoms with van der Waals surface area (Å²) in [5.41, 5.74) is 1.70. The summed E-state index contributed by atoms with van der Waals surface area (Å²) < 4.78 is 4.79. The number of pyridine rings is 1. The lowest BCUT2D eigenvalue weighted by Gasteiger charge is -2.04. The average molecular weight is 179 g/mol. The molecule has 70 valence electrons. The topological polar surface area (TPSA) is 39.2 Å². The molecule has 0 aliphatic rings. The highest BCUT2D eigenvalue weighted by atomic mass is 16.5. The van der Waals surface area contributed by atoms with Gasteiger partial charge >= 0.3 is 0 Å². The minimum Gasteiger partial charge on any atom is -0.377 e. The molecule has 1 rings (SSSR count). The van der Waals surface area contributed by atoms with E-state index in [-0.39, 0.29) is 12.4 Å². The maximum absolute atomic E-state index is 11.5.